The van der Waals surface area contributed by atoms with Crippen LogP contribution in [0.4, 0.5) is 5.69 Å². The second-order valence-electron chi connectivity index (χ2n) is 7.62. The lowest BCUT2D eigenvalue weighted by Crippen LogP contribution is -2.35. The van der Waals surface area contributed by atoms with Gasteiger partial charge in [0.2, 0.25) is 11.8 Å². The fourth-order valence-corrected chi connectivity index (χ4v) is 3.13. The molecule has 3 N–H and O–H groups in total. The van der Waals surface area contributed by atoms with Crippen molar-refractivity contribution < 1.29 is 14.4 Å². The predicted octanol–water partition coefficient (Wildman–Crippen LogP) is 3.64. The molecule has 0 radical (unpaired) electrons. The normalized spacial score (nSPS) is 11.0. The van der Waals surface area contributed by atoms with Gasteiger partial charge in [-0.2, -0.15) is 0 Å². The Kier molecular flexibility index (Phi) is 5.78. The van der Waals surface area contributed by atoms with Crippen molar-refractivity contribution in [2.75, 3.05) is 5.32 Å². The molecule has 6 heteroatoms. The Morgan fingerprint density at radius 2 is 1.70 bits per heavy atom. The van der Waals surface area contributed by atoms with Crippen LogP contribution in [0.3, 0.4) is 0 Å². The number of amides is 2. The average molecular weight is 401 g/mol. The maximum atomic E-state index is 13.0. The number of aromatic nitrogens is 1. The van der Waals surface area contributed by atoms with E-state index in [1.165, 1.54) is 6.20 Å². The number of nitrogens with two attached hydrogens (primary N) is 1. The van der Waals surface area contributed by atoms with Crippen LogP contribution in [0.15, 0.2) is 67.0 Å². The Morgan fingerprint density at radius 3 is 2.33 bits per heavy atom. The Hall–Kier alpha value is -3.80. The van der Waals surface area contributed by atoms with Crippen molar-refractivity contribution in [3.8, 4) is 0 Å². The summed E-state index contributed by atoms with van der Waals surface area (Å²) in [5.41, 5.74) is 7.87. The van der Waals surface area contributed by atoms with Crippen molar-refractivity contribution in [3.05, 3.63) is 94.8 Å². The van der Waals surface area contributed by atoms with E-state index >= 15 is 0 Å². The van der Waals surface area contributed by atoms with Crippen LogP contribution in [-0.2, 0) is 10.2 Å². The summed E-state index contributed by atoms with van der Waals surface area (Å²) < 4.78 is 0. The van der Waals surface area contributed by atoms with E-state index in [0.717, 1.165) is 5.56 Å². The van der Waals surface area contributed by atoms with E-state index in [2.05, 4.69) is 10.3 Å². The quantitative estimate of drug-likeness (QED) is 0.616. The van der Waals surface area contributed by atoms with Crippen molar-refractivity contribution >= 4 is 23.3 Å². The number of hydrogen-bond acceptors (Lipinski definition) is 4. The second-order valence-corrected chi connectivity index (χ2v) is 7.62. The fourth-order valence-electron chi connectivity index (χ4n) is 3.13. The van der Waals surface area contributed by atoms with Gasteiger partial charge in [-0.25, -0.2) is 0 Å². The van der Waals surface area contributed by atoms with Gasteiger partial charge in [-0.1, -0.05) is 12.1 Å². The summed E-state index contributed by atoms with van der Waals surface area (Å²) in [6.07, 6.45) is 3.14. The molecular formula is C24H23N3O3. The third-order valence-corrected chi connectivity index (χ3v) is 5.09. The van der Waals surface area contributed by atoms with E-state index in [1.54, 1.807) is 74.6 Å². The van der Waals surface area contributed by atoms with Crippen LogP contribution < -0.4 is 11.1 Å². The van der Waals surface area contributed by atoms with E-state index in [1.807, 2.05) is 6.92 Å². The molecule has 1 aromatic heterocycles. The van der Waals surface area contributed by atoms with Crippen LogP contribution >= 0.6 is 0 Å². The minimum Gasteiger partial charge on any atom is -0.366 e. The number of primary amides is 1. The fraction of sp³-hybridized carbons (Fsp3) is 0.167. The SMILES string of the molecule is Cc1cc(NC(=O)C(C)(C)c2cccc(C(N)=O)c2)ccc1C(=O)c1cccnc1. The molecule has 2 amide bonds. The first kappa shape index (κ1) is 20.9. The summed E-state index contributed by atoms with van der Waals surface area (Å²) in [5, 5.41) is 2.90. The molecule has 0 atom stereocenters. The van der Waals surface area contributed by atoms with Crippen LogP contribution in [0, 0.1) is 6.92 Å². The standard InChI is InChI=1S/C24H23N3O3/c1-15-12-19(9-10-20(15)21(28)17-7-5-11-26-14-17)27-23(30)24(2,3)18-8-4-6-16(13-18)22(25)29/h4-14H,1-3H3,(H2,25,29)(H,27,30). The number of rotatable bonds is 6. The zero-order valence-electron chi connectivity index (χ0n) is 17.1. The molecule has 1 heterocycles. The van der Waals surface area contributed by atoms with Crippen LogP contribution in [0.25, 0.3) is 0 Å². The number of benzene rings is 2. The molecule has 6 nitrogen and oxygen atoms in total. The summed E-state index contributed by atoms with van der Waals surface area (Å²) >= 11 is 0. The van der Waals surface area contributed by atoms with Gasteiger partial charge < -0.3 is 11.1 Å². The van der Waals surface area contributed by atoms with Gasteiger partial charge in [-0.05, 0) is 74.4 Å². The zero-order chi connectivity index (χ0) is 21.9. The van der Waals surface area contributed by atoms with Crippen molar-refractivity contribution in [1.82, 2.24) is 4.98 Å². The van der Waals surface area contributed by atoms with Crippen molar-refractivity contribution in [3.63, 3.8) is 0 Å². The Bertz CT molecular complexity index is 1120. The molecule has 0 bridgehead atoms. The summed E-state index contributed by atoms with van der Waals surface area (Å²) in [5.74, 6) is -0.908. The van der Waals surface area contributed by atoms with E-state index in [-0.39, 0.29) is 11.7 Å². The van der Waals surface area contributed by atoms with Gasteiger partial charge in [0.1, 0.15) is 0 Å². The van der Waals surface area contributed by atoms with Crippen LogP contribution in [0.2, 0.25) is 0 Å². The zero-order valence-corrected chi connectivity index (χ0v) is 17.1. The predicted molar refractivity (Wildman–Crippen MR) is 115 cm³/mol. The number of hydrogen-bond donors (Lipinski definition) is 2. The molecule has 3 rings (SSSR count). The molecule has 0 saturated carbocycles. The molecule has 2 aromatic carbocycles. The monoisotopic (exact) mass is 401 g/mol. The van der Waals surface area contributed by atoms with E-state index in [4.69, 9.17) is 5.73 Å². The number of nitrogens with zero attached hydrogens (tertiary/aromatic N) is 1. The smallest absolute Gasteiger partial charge is 0.248 e. The molecular weight excluding hydrogens is 378 g/mol. The number of carbonyl (C=O) groups excluding carboxylic acids is 3. The number of nitrogens with one attached hydrogen (secondary N) is 1. The van der Waals surface area contributed by atoms with Crippen LogP contribution in [0.5, 0.6) is 0 Å². The highest BCUT2D eigenvalue weighted by Gasteiger charge is 2.30. The molecule has 3 aromatic rings. The summed E-state index contributed by atoms with van der Waals surface area (Å²) in [6.45, 7) is 5.37. The molecule has 152 valence electrons. The van der Waals surface area contributed by atoms with E-state index in [0.29, 0.717) is 27.9 Å². The van der Waals surface area contributed by atoms with Crippen LogP contribution in [0.1, 0.15) is 51.3 Å². The molecule has 0 saturated heterocycles. The highest BCUT2D eigenvalue weighted by atomic mass is 16.2. The van der Waals surface area contributed by atoms with Gasteiger partial charge in [0, 0.05) is 34.8 Å². The first-order valence-electron chi connectivity index (χ1n) is 9.47. The lowest BCUT2D eigenvalue weighted by molar-refractivity contribution is -0.120. The minimum absolute atomic E-state index is 0.123. The van der Waals surface area contributed by atoms with Gasteiger partial charge in [-0.15, -0.1) is 0 Å². The first-order valence-corrected chi connectivity index (χ1v) is 9.47. The molecule has 0 unspecified atom stereocenters. The van der Waals surface area contributed by atoms with Gasteiger partial charge in [0.05, 0.1) is 5.41 Å². The first-order chi connectivity index (χ1) is 14.2. The second kappa shape index (κ2) is 8.29. The van der Waals surface area contributed by atoms with Gasteiger partial charge in [0.25, 0.3) is 0 Å². The maximum Gasteiger partial charge on any atom is 0.248 e. The molecule has 30 heavy (non-hydrogen) atoms. The molecule has 0 spiro atoms. The lowest BCUT2D eigenvalue weighted by atomic mass is 9.82. The van der Waals surface area contributed by atoms with Crippen molar-refractivity contribution in [2.24, 2.45) is 5.73 Å². The number of pyridine rings is 1. The third-order valence-electron chi connectivity index (χ3n) is 5.09. The van der Waals surface area contributed by atoms with E-state index < -0.39 is 11.3 Å². The maximum absolute atomic E-state index is 13.0. The van der Waals surface area contributed by atoms with Gasteiger partial charge in [0.15, 0.2) is 5.78 Å². The molecule has 0 aliphatic carbocycles. The highest BCUT2D eigenvalue weighted by molar-refractivity contribution is 6.10. The summed E-state index contributed by atoms with van der Waals surface area (Å²) in [7, 11) is 0. The Balaban J connectivity index is 1.81. The lowest BCUT2D eigenvalue weighted by Gasteiger charge is -2.25. The molecule has 0 fully saturated rings. The summed E-state index contributed by atoms with van der Waals surface area (Å²) in [6, 6.07) is 15.3. The summed E-state index contributed by atoms with van der Waals surface area (Å²) in [4.78, 5) is 41.1. The largest absolute Gasteiger partial charge is 0.366 e. The topological polar surface area (TPSA) is 102 Å². The third kappa shape index (κ3) is 4.27. The molecule has 0 aliphatic rings. The van der Waals surface area contributed by atoms with E-state index in [9.17, 15) is 14.4 Å². The number of aryl methyl sites for hydroxylation is 1. The van der Waals surface area contributed by atoms with Crippen molar-refractivity contribution in [2.45, 2.75) is 26.2 Å². The Morgan fingerprint density at radius 1 is 0.967 bits per heavy atom. The number of ketones is 1. The number of anilines is 1. The van der Waals surface area contributed by atoms with Crippen molar-refractivity contribution in [1.29, 1.82) is 0 Å². The van der Waals surface area contributed by atoms with Crippen LogP contribution in [-0.4, -0.2) is 22.6 Å². The minimum atomic E-state index is -0.899. The average Bonchev–Trinajstić information content (AvgIpc) is 2.74. The molecule has 0 aliphatic heterocycles. The van der Waals surface area contributed by atoms with Gasteiger partial charge in [-0.3, -0.25) is 19.4 Å². The Labute approximate surface area is 175 Å². The van der Waals surface area contributed by atoms with Gasteiger partial charge >= 0.3 is 0 Å². The highest BCUT2D eigenvalue weighted by Crippen LogP contribution is 2.27. The number of carbonyl (C=O) groups is 3.